The zero-order valence-corrected chi connectivity index (χ0v) is 13.4. The van der Waals surface area contributed by atoms with Gasteiger partial charge in [-0.3, -0.25) is 5.43 Å². The van der Waals surface area contributed by atoms with Gasteiger partial charge in [-0.05, 0) is 19.1 Å². The summed E-state index contributed by atoms with van der Waals surface area (Å²) in [5, 5.41) is 9.06. The number of hydrogen-bond acceptors (Lipinski definition) is 3. The van der Waals surface area contributed by atoms with E-state index in [-0.39, 0.29) is 11.5 Å². The molecule has 0 saturated carbocycles. The fraction of sp³-hybridized carbons (Fsp3) is 0.333. The molecule has 1 aliphatic rings. The average Bonchev–Trinajstić information content (AvgIpc) is 2.87. The number of anilines is 1. The van der Waals surface area contributed by atoms with E-state index in [0.717, 1.165) is 22.7 Å². The first-order valence-corrected chi connectivity index (χ1v) is 7.41. The van der Waals surface area contributed by atoms with Gasteiger partial charge in [0.05, 0.1) is 11.9 Å². The van der Waals surface area contributed by atoms with Gasteiger partial charge in [0.1, 0.15) is 5.82 Å². The monoisotopic (exact) mass is 292 g/mol. The lowest BCUT2D eigenvalue weighted by Gasteiger charge is -2.30. The van der Waals surface area contributed by atoms with Crippen LogP contribution < -0.4 is 5.43 Å². The number of aromatic nitrogens is 2. The zero-order chi connectivity index (χ0) is 15.7. The van der Waals surface area contributed by atoms with Gasteiger partial charge < -0.3 is 0 Å². The number of hydrazone groups is 1. The Bertz CT molecular complexity index is 767. The molecular formula is C18H20N4. The Morgan fingerprint density at radius 3 is 2.59 bits per heavy atom. The summed E-state index contributed by atoms with van der Waals surface area (Å²) in [5.41, 5.74) is 6.10. The van der Waals surface area contributed by atoms with Crippen LogP contribution in [0.15, 0.2) is 41.6 Å². The molecule has 0 amide bonds. The van der Waals surface area contributed by atoms with E-state index in [0.29, 0.717) is 0 Å². The third-order valence-corrected chi connectivity index (χ3v) is 3.66. The van der Waals surface area contributed by atoms with Crippen molar-refractivity contribution in [2.45, 2.75) is 33.7 Å². The third-order valence-electron chi connectivity index (χ3n) is 3.66. The molecule has 0 fully saturated rings. The molecule has 1 aliphatic heterocycles. The average molecular weight is 292 g/mol. The van der Waals surface area contributed by atoms with Crippen LogP contribution in [-0.4, -0.2) is 15.5 Å². The lowest BCUT2D eigenvalue weighted by Crippen LogP contribution is -2.35. The van der Waals surface area contributed by atoms with Crippen molar-refractivity contribution < 1.29 is 0 Å². The summed E-state index contributed by atoms with van der Waals surface area (Å²) in [6.07, 6.45) is 1.85. The first-order valence-electron chi connectivity index (χ1n) is 7.41. The zero-order valence-electron chi connectivity index (χ0n) is 13.4. The van der Waals surface area contributed by atoms with E-state index in [9.17, 15) is 0 Å². The fourth-order valence-corrected chi connectivity index (χ4v) is 2.45. The summed E-state index contributed by atoms with van der Waals surface area (Å²) < 4.78 is 1.93. The predicted molar refractivity (Wildman–Crippen MR) is 89.8 cm³/mol. The maximum atomic E-state index is 4.57. The second kappa shape index (κ2) is 5.34. The molecule has 22 heavy (non-hydrogen) atoms. The summed E-state index contributed by atoms with van der Waals surface area (Å²) in [6.45, 7) is 8.45. The molecule has 112 valence electrons. The van der Waals surface area contributed by atoms with Crippen LogP contribution in [0.4, 0.5) is 5.82 Å². The van der Waals surface area contributed by atoms with Crippen LogP contribution >= 0.6 is 0 Å². The number of rotatable bonds is 0. The summed E-state index contributed by atoms with van der Waals surface area (Å²) in [5.74, 6) is 7.51. The molecule has 3 rings (SSSR count). The van der Waals surface area contributed by atoms with Crippen LogP contribution in [0.2, 0.25) is 0 Å². The molecule has 1 N–H and O–H groups in total. The molecule has 2 aromatic rings. The van der Waals surface area contributed by atoms with E-state index in [1.165, 1.54) is 0 Å². The third kappa shape index (κ3) is 2.62. The summed E-state index contributed by atoms with van der Waals surface area (Å²) >= 11 is 0. The normalized spacial score (nSPS) is 16.9. The second-order valence-corrected chi connectivity index (χ2v) is 6.52. The predicted octanol–water partition coefficient (Wildman–Crippen LogP) is 3.61. The van der Waals surface area contributed by atoms with Gasteiger partial charge >= 0.3 is 0 Å². The highest BCUT2D eigenvalue weighted by molar-refractivity contribution is 5.96. The van der Waals surface area contributed by atoms with Crippen LogP contribution in [0.1, 0.15) is 37.9 Å². The van der Waals surface area contributed by atoms with Gasteiger partial charge in [0, 0.05) is 16.5 Å². The van der Waals surface area contributed by atoms with Crippen LogP contribution in [-0.2, 0) is 0 Å². The van der Waals surface area contributed by atoms with Crippen LogP contribution in [0, 0.1) is 24.2 Å². The number of aryl methyl sites for hydroxylation is 1. The lowest BCUT2D eigenvalue weighted by atomic mass is 9.85. The van der Waals surface area contributed by atoms with Crippen molar-refractivity contribution in [3.63, 3.8) is 0 Å². The van der Waals surface area contributed by atoms with Gasteiger partial charge in [-0.2, -0.15) is 10.2 Å². The standard InChI is InChI=1S/C18H20N4/c1-13-12-19-22-15(11-10-14-8-6-5-7-9-14)16(18(2,3)4)20-21-17(13)22/h5-9,12,15,21H,1-4H3. The van der Waals surface area contributed by atoms with Crippen molar-refractivity contribution >= 4 is 11.5 Å². The molecule has 4 heteroatoms. The molecule has 1 aromatic heterocycles. The van der Waals surface area contributed by atoms with Gasteiger partial charge in [-0.15, -0.1) is 0 Å². The first kappa shape index (κ1) is 14.4. The Morgan fingerprint density at radius 2 is 1.91 bits per heavy atom. The number of benzene rings is 1. The Labute approximate surface area is 131 Å². The van der Waals surface area contributed by atoms with Crippen molar-refractivity contribution in [1.29, 1.82) is 0 Å². The minimum absolute atomic E-state index is 0.0828. The molecule has 1 aromatic carbocycles. The fourth-order valence-electron chi connectivity index (χ4n) is 2.45. The minimum atomic E-state index is -0.148. The molecule has 0 saturated heterocycles. The molecular weight excluding hydrogens is 272 g/mol. The number of nitrogens with zero attached hydrogens (tertiary/aromatic N) is 3. The molecule has 4 nitrogen and oxygen atoms in total. The van der Waals surface area contributed by atoms with Crippen molar-refractivity contribution in [1.82, 2.24) is 9.78 Å². The topological polar surface area (TPSA) is 42.2 Å². The lowest BCUT2D eigenvalue weighted by molar-refractivity contribution is 0.530. The van der Waals surface area contributed by atoms with E-state index < -0.39 is 0 Å². The molecule has 0 radical (unpaired) electrons. The quantitative estimate of drug-likeness (QED) is 0.754. The number of fused-ring (bicyclic) bond motifs is 1. The van der Waals surface area contributed by atoms with Gasteiger partial charge in [0.25, 0.3) is 0 Å². The highest BCUT2D eigenvalue weighted by atomic mass is 15.5. The minimum Gasteiger partial charge on any atom is -0.261 e. The number of nitrogens with one attached hydrogen (secondary N) is 1. The van der Waals surface area contributed by atoms with Crippen LogP contribution in [0.5, 0.6) is 0 Å². The maximum absolute atomic E-state index is 4.57. The van der Waals surface area contributed by atoms with Crippen LogP contribution in [0.25, 0.3) is 0 Å². The van der Waals surface area contributed by atoms with E-state index >= 15 is 0 Å². The Balaban J connectivity index is 2.05. The Hall–Kier alpha value is -2.54. The largest absolute Gasteiger partial charge is 0.261 e. The molecule has 1 unspecified atom stereocenters. The van der Waals surface area contributed by atoms with Gasteiger partial charge in [-0.1, -0.05) is 50.8 Å². The molecule has 0 spiro atoms. The van der Waals surface area contributed by atoms with Gasteiger partial charge in [0.2, 0.25) is 0 Å². The molecule has 0 aliphatic carbocycles. The van der Waals surface area contributed by atoms with E-state index in [4.69, 9.17) is 0 Å². The second-order valence-electron chi connectivity index (χ2n) is 6.52. The van der Waals surface area contributed by atoms with Crippen molar-refractivity contribution in [3.05, 3.63) is 47.7 Å². The summed E-state index contributed by atoms with van der Waals surface area (Å²) in [4.78, 5) is 0. The molecule has 1 atom stereocenters. The van der Waals surface area contributed by atoms with Crippen molar-refractivity contribution in [2.24, 2.45) is 10.5 Å². The SMILES string of the molecule is Cc1cnn2c1NN=C(C(C)(C)C)C2C#Cc1ccccc1. The highest BCUT2D eigenvalue weighted by Gasteiger charge is 2.32. The van der Waals surface area contributed by atoms with Gasteiger partial charge in [-0.25, -0.2) is 4.68 Å². The van der Waals surface area contributed by atoms with Crippen molar-refractivity contribution in [3.8, 4) is 11.8 Å². The maximum Gasteiger partial charge on any atom is 0.155 e. The number of hydrogen-bond donors (Lipinski definition) is 1. The van der Waals surface area contributed by atoms with E-state index in [1.807, 2.05) is 48.1 Å². The van der Waals surface area contributed by atoms with Gasteiger partial charge in [0.15, 0.2) is 6.04 Å². The molecule has 2 heterocycles. The van der Waals surface area contributed by atoms with Crippen molar-refractivity contribution in [2.75, 3.05) is 5.43 Å². The highest BCUT2D eigenvalue weighted by Crippen LogP contribution is 2.31. The van der Waals surface area contributed by atoms with E-state index in [1.54, 1.807) is 0 Å². The summed E-state index contributed by atoms with van der Waals surface area (Å²) in [7, 11) is 0. The molecule has 0 bridgehead atoms. The first-order chi connectivity index (χ1) is 10.5. The van der Waals surface area contributed by atoms with Crippen LogP contribution in [0.3, 0.4) is 0 Å². The Kier molecular flexibility index (Phi) is 3.50. The van der Waals surface area contributed by atoms with E-state index in [2.05, 4.69) is 48.2 Å². The summed E-state index contributed by atoms with van der Waals surface area (Å²) in [6, 6.07) is 9.86. The smallest absolute Gasteiger partial charge is 0.155 e. The Morgan fingerprint density at radius 1 is 1.18 bits per heavy atom.